The number of nitrogens with one attached hydrogen (secondary N) is 1. The molecule has 0 aromatic heterocycles. The van der Waals surface area contributed by atoms with Crippen molar-refractivity contribution >= 4 is 0 Å². The second kappa shape index (κ2) is 9.06. The summed E-state index contributed by atoms with van der Waals surface area (Å²) >= 11 is 0. The largest absolute Gasteiger partial charge is 0.496 e. The van der Waals surface area contributed by atoms with Gasteiger partial charge in [0, 0.05) is 18.2 Å². The van der Waals surface area contributed by atoms with Crippen LogP contribution in [0.1, 0.15) is 36.6 Å². The van der Waals surface area contributed by atoms with Gasteiger partial charge in [0.1, 0.15) is 5.75 Å². The number of methoxy groups -OCH3 is 3. The smallest absolute Gasteiger partial charge is 0.164 e. The number of hydrogen-bond acceptors (Lipinski definition) is 6. The first kappa shape index (κ1) is 20.1. The van der Waals surface area contributed by atoms with Gasteiger partial charge in [-0.05, 0) is 49.6 Å². The van der Waals surface area contributed by atoms with Gasteiger partial charge in [-0.15, -0.1) is 0 Å². The minimum Gasteiger partial charge on any atom is -0.496 e. The molecule has 0 bridgehead atoms. The van der Waals surface area contributed by atoms with Crippen molar-refractivity contribution < 1.29 is 23.7 Å². The summed E-state index contributed by atoms with van der Waals surface area (Å²) in [6, 6.07) is 7.97. The minimum atomic E-state index is -0.0478. The zero-order valence-corrected chi connectivity index (χ0v) is 17.3. The van der Waals surface area contributed by atoms with Crippen LogP contribution in [0.3, 0.4) is 0 Å². The maximum atomic E-state index is 5.85. The molecule has 6 nitrogen and oxygen atoms in total. The van der Waals surface area contributed by atoms with Crippen LogP contribution >= 0.6 is 0 Å². The third-order valence-corrected chi connectivity index (χ3v) is 4.91. The number of fused-ring (bicyclic) bond motifs is 1. The first-order valence-corrected chi connectivity index (χ1v) is 9.62. The fourth-order valence-electron chi connectivity index (χ4n) is 3.66. The molecule has 28 heavy (non-hydrogen) atoms. The predicted octanol–water partition coefficient (Wildman–Crippen LogP) is 3.74. The molecule has 0 saturated heterocycles. The zero-order chi connectivity index (χ0) is 20.1. The molecule has 1 unspecified atom stereocenters. The third kappa shape index (κ3) is 3.83. The lowest BCUT2D eigenvalue weighted by Gasteiger charge is -2.30. The standard InChI is InChI=1S/C22H29NO5/c1-6-27-20-10-14-8-9-23-22(15(14)11-21(20)28-7-2)16-12-18(25-4)19(26-5)13-17(16)24-3/h10-13,22-23H,6-9H2,1-5H3. The molecule has 0 saturated carbocycles. The molecule has 1 aliphatic heterocycles. The molecule has 1 atom stereocenters. The molecule has 3 rings (SSSR count). The topological polar surface area (TPSA) is 58.2 Å². The van der Waals surface area contributed by atoms with Crippen molar-refractivity contribution in [1.82, 2.24) is 5.32 Å². The van der Waals surface area contributed by atoms with Crippen LogP contribution in [0.2, 0.25) is 0 Å². The molecule has 1 N–H and O–H groups in total. The minimum absolute atomic E-state index is 0.0478. The lowest BCUT2D eigenvalue weighted by Crippen LogP contribution is -2.31. The highest BCUT2D eigenvalue weighted by Gasteiger charge is 2.28. The average Bonchev–Trinajstić information content (AvgIpc) is 2.73. The summed E-state index contributed by atoms with van der Waals surface area (Å²) in [6.07, 6.45) is 0.925. The predicted molar refractivity (Wildman–Crippen MR) is 108 cm³/mol. The van der Waals surface area contributed by atoms with Gasteiger partial charge in [0.05, 0.1) is 40.6 Å². The van der Waals surface area contributed by atoms with Crippen molar-refractivity contribution in [2.75, 3.05) is 41.1 Å². The van der Waals surface area contributed by atoms with Gasteiger partial charge in [-0.2, -0.15) is 0 Å². The Labute approximate surface area is 166 Å². The van der Waals surface area contributed by atoms with E-state index in [0.717, 1.165) is 41.3 Å². The van der Waals surface area contributed by atoms with Crippen molar-refractivity contribution in [3.05, 3.63) is 41.0 Å². The van der Waals surface area contributed by atoms with Crippen molar-refractivity contribution in [2.45, 2.75) is 26.3 Å². The number of ether oxygens (including phenoxy) is 5. The summed E-state index contributed by atoms with van der Waals surface area (Å²) in [7, 11) is 4.92. The Morgan fingerprint density at radius 3 is 1.93 bits per heavy atom. The van der Waals surface area contributed by atoms with Crippen LogP contribution < -0.4 is 29.0 Å². The van der Waals surface area contributed by atoms with E-state index in [4.69, 9.17) is 23.7 Å². The Bertz CT molecular complexity index is 821. The molecule has 0 radical (unpaired) electrons. The number of benzene rings is 2. The van der Waals surface area contributed by atoms with E-state index in [1.54, 1.807) is 21.3 Å². The second-order valence-electron chi connectivity index (χ2n) is 6.45. The van der Waals surface area contributed by atoms with Gasteiger partial charge in [0.25, 0.3) is 0 Å². The molecule has 0 aliphatic carbocycles. The van der Waals surface area contributed by atoms with Crippen LogP contribution in [0.5, 0.6) is 28.7 Å². The highest BCUT2D eigenvalue weighted by atomic mass is 16.5. The van der Waals surface area contributed by atoms with Crippen LogP contribution in [0.25, 0.3) is 0 Å². The molecule has 1 aliphatic rings. The lowest BCUT2D eigenvalue weighted by atomic mass is 9.88. The summed E-state index contributed by atoms with van der Waals surface area (Å²) in [6.45, 7) is 5.99. The number of hydrogen-bond donors (Lipinski definition) is 1. The number of rotatable bonds is 8. The maximum Gasteiger partial charge on any atom is 0.164 e. The summed E-state index contributed by atoms with van der Waals surface area (Å²) in [5, 5.41) is 3.60. The van der Waals surface area contributed by atoms with Crippen LogP contribution in [-0.2, 0) is 6.42 Å². The summed E-state index contributed by atoms with van der Waals surface area (Å²) < 4.78 is 28.3. The van der Waals surface area contributed by atoms with E-state index in [1.807, 2.05) is 26.0 Å². The van der Waals surface area contributed by atoms with Crippen molar-refractivity contribution in [2.24, 2.45) is 0 Å². The van der Waals surface area contributed by atoms with Crippen LogP contribution in [0.4, 0.5) is 0 Å². The summed E-state index contributed by atoms with van der Waals surface area (Å²) in [5.74, 6) is 3.61. The molecule has 1 heterocycles. The van der Waals surface area contributed by atoms with Crippen LogP contribution in [-0.4, -0.2) is 41.1 Å². The van der Waals surface area contributed by atoms with Gasteiger partial charge in [0.2, 0.25) is 0 Å². The van der Waals surface area contributed by atoms with E-state index in [9.17, 15) is 0 Å². The third-order valence-electron chi connectivity index (χ3n) is 4.91. The first-order valence-electron chi connectivity index (χ1n) is 9.62. The van der Waals surface area contributed by atoms with Gasteiger partial charge in [0.15, 0.2) is 23.0 Å². The van der Waals surface area contributed by atoms with Crippen molar-refractivity contribution in [3.8, 4) is 28.7 Å². The van der Waals surface area contributed by atoms with Gasteiger partial charge < -0.3 is 29.0 Å². The fraction of sp³-hybridized carbons (Fsp3) is 0.455. The van der Waals surface area contributed by atoms with E-state index in [1.165, 1.54) is 5.56 Å². The Kier molecular flexibility index (Phi) is 6.52. The molecule has 0 fully saturated rings. The maximum absolute atomic E-state index is 5.85. The average molecular weight is 387 g/mol. The highest BCUT2D eigenvalue weighted by molar-refractivity contribution is 5.57. The van der Waals surface area contributed by atoms with Gasteiger partial charge in [-0.25, -0.2) is 0 Å². The normalized spacial score (nSPS) is 15.5. The molecule has 0 spiro atoms. The Morgan fingerprint density at radius 1 is 0.750 bits per heavy atom. The summed E-state index contributed by atoms with van der Waals surface area (Å²) in [4.78, 5) is 0. The van der Waals surface area contributed by atoms with E-state index < -0.39 is 0 Å². The lowest BCUT2D eigenvalue weighted by molar-refractivity contribution is 0.286. The van der Waals surface area contributed by atoms with Gasteiger partial charge >= 0.3 is 0 Å². The SMILES string of the molecule is CCOc1cc2c(cc1OCC)C(c1cc(OC)c(OC)cc1OC)NCC2. The molecule has 152 valence electrons. The zero-order valence-electron chi connectivity index (χ0n) is 17.3. The fourth-order valence-corrected chi connectivity index (χ4v) is 3.66. The molecular weight excluding hydrogens is 358 g/mol. The van der Waals surface area contributed by atoms with E-state index in [-0.39, 0.29) is 6.04 Å². The highest BCUT2D eigenvalue weighted by Crippen LogP contribution is 2.43. The van der Waals surface area contributed by atoms with Gasteiger partial charge in [-0.1, -0.05) is 0 Å². The van der Waals surface area contributed by atoms with E-state index in [2.05, 4.69) is 17.4 Å². The molecule has 2 aromatic carbocycles. The molecule has 2 aromatic rings. The second-order valence-corrected chi connectivity index (χ2v) is 6.45. The Morgan fingerprint density at radius 2 is 1.32 bits per heavy atom. The van der Waals surface area contributed by atoms with Crippen molar-refractivity contribution in [3.63, 3.8) is 0 Å². The van der Waals surface area contributed by atoms with E-state index in [0.29, 0.717) is 24.7 Å². The Hall–Kier alpha value is -2.60. The van der Waals surface area contributed by atoms with E-state index >= 15 is 0 Å². The van der Waals surface area contributed by atoms with Crippen molar-refractivity contribution in [1.29, 1.82) is 0 Å². The molecule has 6 heteroatoms. The Balaban J connectivity index is 2.12. The molecule has 0 amide bonds. The molecular formula is C22H29NO5. The van der Waals surface area contributed by atoms with Crippen LogP contribution in [0.15, 0.2) is 24.3 Å². The quantitative estimate of drug-likeness (QED) is 0.745. The first-order chi connectivity index (χ1) is 13.7. The monoisotopic (exact) mass is 387 g/mol. The summed E-state index contributed by atoms with van der Waals surface area (Å²) in [5.41, 5.74) is 3.39. The van der Waals surface area contributed by atoms with Gasteiger partial charge in [-0.3, -0.25) is 0 Å². The van der Waals surface area contributed by atoms with Crippen LogP contribution in [0, 0.1) is 0 Å².